The van der Waals surface area contributed by atoms with E-state index in [-0.39, 0.29) is 12.2 Å². The molecule has 1 aromatic heterocycles. The molecule has 2 heterocycles. The number of halogens is 2. The topological polar surface area (TPSA) is 64.2 Å². The summed E-state index contributed by atoms with van der Waals surface area (Å²) in [4.78, 5) is 15.4. The van der Waals surface area contributed by atoms with Gasteiger partial charge < -0.3 is 15.2 Å². The molecule has 0 fully saturated rings. The number of benzene rings is 1. The van der Waals surface area contributed by atoms with Crippen molar-refractivity contribution in [2.45, 2.75) is 26.4 Å². The normalized spacial score (nSPS) is 14.4. The maximum atomic E-state index is 14.1. The molecule has 0 atom stereocenters. The van der Waals surface area contributed by atoms with Gasteiger partial charge >= 0.3 is 0 Å². The van der Waals surface area contributed by atoms with Crippen LogP contribution in [0.3, 0.4) is 0 Å². The van der Waals surface area contributed by atoms with E-state index in [9.17, 15) is 4.39 Å². The Kier molecular flexibility index (Phi) is 5.74. The van der Waals surface area contributed by atoms with Crippen molar-refractivity contribution < 1.29 is 9.18 Å². The zero-order chi connectivity index (χ0) is 17.0. The average Bonchev–Trinajstić information content (AvgIpc) is 2.67. The van der Waals surface area contributed by atoms with Gasteiger partial charge in [0.15, 0.2) is 0 Å². The highest BCUT2D eigenvalue weighted by Gasteiger charge is 2.21. The maximum absolute atomic E-state index is 14.1. The second kappa shape index (κ2) is 7.57. The number of fused-ring (bicyclic) bond motifs is 1. The van der Waals surface area contributed by atoms with E-state index in [1.165, 1.54) is 11.8 Å². The molecular weight excluding hydrogens is 319 g/mol. The van der Waals surface area contributed by atoms with Crippen LogP contribution in [-0.2, 0) is 17.9 Å². The van der Waals surface area contributed by atoms with Crippen molar-refractivity contribution in [2.75, 3.05) is 13.6 Å². The highest BCUT2D eigenvalue weighted by atomic mass is 35.5. The monoisotopic (exact) mass is 338 g/mol. The average molecular weight is 339 g/mol. The molecule has 2 N–H and O–H groups in total. The van der Waals surface area contributed by atoms with Crippen LogP contribution < -0.4 is 5.73 Å². The molecule has 5 nitrogen and oxygen atoms in total. The molecule has 1 amide bonds. The number of nitrogens with zero attached hydrogens (tertiary/aromatic N) is 3. The molecule has 1 aliphatic rings. The number of amides is 1. The van der Waals surface area contributed by atoms with Gasteiger partial charge in [0.2, 0.25) is 6.41 Å². The predicted molar refractivity (Wildman–Crippen MR) is 88.6 cm³/mol. The molecule has 0 saturated heterocycles. The van der Waals surface area contributed by atoms with Gasteiger partial charge in [-0.25, -0.2) is 9.37 Å². The van der Waals surface area contributed by atoms with E-state index in [2.05, 4.69) is 27.2 Å². The second-order valence-electron chi connectivity index (χ2n) is 5.47. The third-order valence-electron chi connectivity index (χ3n) is 3.79. The highest BCUT2D eigenvalue weighted by molar-refractivity contribution is 6.30. The first-order valence-corrected chi connectivity index (χ1v) is 7.71. The van der Waals surface area contributed by atoms with Crippen LogP contribution in [0.2, 0.25) is 5.02 Å². The molecule has 2 aromatic rings. The van der Waals surface area contributed by atoms with Gasteiger partial charge in [-0.1, -0.05) is 11.6 Å². The fourth-order valence-corrected chi connectivity index (χ4v) is 2.92. The first-order chi connectivity index (χ1) is 11.0. The van der Waals surface area contributed by atoms with E-state index in [4.69, 9.17) is 16.4 Å². The summed E-state index contributed by atoms with van der Waals surface area (Å²) in [5.74, 6) is 0.393. The largest absolute Gasteiger partial charge is 0.372 e. The summed E-state index contributed by atoms with van der Waals surface area (Å²) in [6.45, 7) is 4.76. The van der Waals surface area contributed by atoms with Crippen LogP contribution in [0.15, 0.2) is 18.2 Å². The Hall–Kier alpha value is -1.92. The first kappa shape index (κ1) is 17.4. The van der Waals surface area contributed by atoms with Gasteiger partial charge in [0.25, 0.3) is 0 Å². The number of hydrogen-bond donors (Lipinski definition) is 1. The number of primary amides is 1. The van der Waals surface area contributed by atoms with Crippen molar-refractivity contribution in [1.29, 1.82) is 0 Å². The Bertz CT molecular complexity index is 702. The van der Waals surface area contributed by atoms with Crippen LogP contribution in [0.4, 0.5) is 4.39 Å². The number of nitrogens with two attached hydrogens (primary N) is 1. The smallest absolute Gasteiger partial charge is 0.204 e. The molecule has 1 aliphatic heterocycles. The third-order valence-corrected chi connectivity index (χ3v) is 4.02. The van der Waals surface area contributed by atoms with Crippen molar-refractivity contribution in [2.24, 2.45) is 5.73 Å². The summed E-state index contributed by atoms with van der Waals surface area (Å²) in [6, 6.07) is 4.76. The van der Waals surface area contributed by atoms with E-state index in [1.807, 2.05) is 6.92 Å². The minimum Gasteiger partial charge on any atom is -0.372 e. The minimum atomic E-state index is -0.317. The third kappa shape index (κ3) is 3.89. The van der Waals surface area contributed by atoms with E-state index in [1.54, 1.807) is 12.1 Å². The number of aromatic nitrogens is 2. The van der Waals surface area contributed by atoms with E-state index in [0.717, 1.165) is 31.7 Å². The number of aryl methyl sites for hydroxylation is 1. The lowest BCUT2D eigenvalue weighted by atomic mass is 10.2. The number of hydrogen-bond acceptors (Lipinski definition) is 3. The van der Waals surface area contributed by atoms with Gasteiger partial charge in [-0.3, -0.25) is 4.79 Å². The van der Waals surface area contributed by atoms with Crippen LogP contribution in [0.1, 0.15) is 17.8 Å². The van der Waals surface area contributed by atoms with Crippen LogP contribution in [0.25, 0.3) is 11.4 Å². The first-order valence-electron chi connectivity index (χ1n) is 7.33. The van der Waals surface area contributed by atoms with Gasteiger partial charge in [-0.15, -0.1) is 0 Å². The van der Waals surface area contributed by atoms with Gasteiger partial charge in [0.05, 0.1) is 17.0 Å². The molecule has 124 valence electrons. The van der Waals surface area contributed by atoms with E-state index in [0.29, 0.717) is 16.4 Å². The van der Waals surface area contributed by atoms with Crippen LogP contribution in [-0.4, -0.2) is 34.5 Å². The lowest BCUT2D eigenvalue weighted by molar-refractivity contribution is -0.106. The molecular formula is C16H20ClFN4O. The second-order valence-corrected chi connectivity index (χ2v) is 5.91. The lowest BCUT2D eigenvalue weighted by Crippen LogP contribution is -2.17. The van der Waals surface area contributed by atoms with Crippen molar-refractivity contribution in [3.63, 3.8) is 0 Å². The van der Waals surface area contributed by atoms with Gasteiger partial charge in [0, 0.05) is 18.1 Å². The van der Waals surface area contributed by atoms with Gasteiger partial charge in [-0.05, 0) is 45.1 Å². The molecule has 0 radical (unpaired) electrons. The highest BCUT2D eigenvalue weighted by Crippen LogP contribution is 2.28. The summed E-state index contributed by atoms with van der Waals surface area (Å²) < 4.78 is 16.3. The molecule has 7 heteroatoms. The molecule has 0 saturated carbocycles. The van der Waals surface area contributed by atoms with Gasteiger partial charge in [-0.2, -0.15) is 0 Å². The lowest BCUT2D eigenvalue weighted by Gasteiger charge is -2.12. The zero-order valence-electron chi connectivity index (χ0n) is 13.2. The summed E-state index contributed by atoms with van der Waals surface area (Å²) >= 11 is 5.82. The summed E-state index contributed by atoms with van der Waals surface area (Å²) in [7, 11) is 2.10. The molecule has 23 heavy (non-hydrogen) atoms. The molecule has 0 aliphatic carbocycles. The molecule has 0 bridgehead atoms. The maximum Gasteiger partial charge on any atom is 0.204 e. The number of imidazole rings is 1. The van der Waals surface area contributed by atoms with Crippen LogP contribution >= 0.6 is 11.6 Å². The fraction of sp³-hybridized carbons (Fsp3) is 0.375. The molecule has 3 rings (SSSR count). The van der Waals surface area contributed by atoms with Crippen molar-refractivity contribution in [3.05, 3.63) is 40.4 Å². The Balaban J connectivity index is 0.000000595. The Morgan fingerprint density at radius 1 is 1.39 bits per heavy atom. The number of carbonyl (C=O) groups is 1. The van der Waals surface area contributed by atoms with Crippen molar-refractivity contribution in [3.8, 4) is 11.4 Å². The molecule has 0 unspecified atom stereocenters. The summed E-state index contributed by atoms with van der Waals surface area (Å²) in [6.07, 6.45) is 1.29. The summed E-state index contributed by atoms with van der Waals surface area (Å²) in [5, 5.41) is 0.408. The van der Waals surface area contributed by atoms with Crippen LogP contribution in [0.5, 0.6) is 0 Å². The molecule has 1 aromatic carbocycles. The number of carbonyl (C=O) groups excluding carboxylic acids is 1. The minimum absolute atomic E-state index is 0.250. The van der Waals surface area contributed by atoms with Crippen LogP contribution in [0, 0.1) is 12.7 Å². The van der Waals surface area contributed by atoms with Gasteiger partial charge in [0.1, 0.15) is 11.6 Å². The Morgan fingerprint density at radius 2 is 2.09 bits per heavy atom. The predicted octanol–water partition coefficient (Wildman–Crippen LogP) is 2.59. The zero-order valence-corrected chi connectivity index (χ0v) is 14.0. The Labute approximate surface area is 139 Å². The van der Waals surface area contributed by atoms with E-state index >= 15 is 0 Å². The quantitative estimate of drug-likeness (QED) is 0.813. The number of rotatable bonds is 1. The summed E-state index contributed by atoms with van der Waals surface area (Å²) in [5.41, 5.74) is 6.84. The van der Waals surface area contributed by atoms with E-state index < -0.39 is 0 Å². The fourth-order valence-electron chi connectivity index (χ4n) is 2.76. The standard InChI is InChI=1S/C15H17ClFN3.CH3NO/c1-10-14-9-19(2)6-3-7-20(14)15(18-10)12-5-4-11(16)8-13(12)17;2-1-3/h4-5,8H,3,6-7,9H2,1-2H3;1H,(H2,2,3). The van der Waals surface area contributed by atoms with Crippen molar-refractivity contribution >= 4 is 18.0 Å². The Morgan fingerprint density at radius 3 is 2.74 bits per heavy atom. The molecule has 0 spiro atoms. The van der Waals surface area contributed by atoms with Crippen molar-refractivity contribution in [1.82, 2.24) is 14.5 Å². The SMILES string of the molecule is Cc1nc(-c2ccc(Cl)cc2F)n2c1CN(C)CCC2.NC=O.